The SMILES string of the molecule is COCCOc1nccc2c(C(=O)N3CCC(c4cc(CN)ccc4F)CC3)cn(CCOC)c12. The minimum Gasteiger partial charge on any atom is -0.474 e. The summed E-state index contributed by atoms with van der Waals surface area (Å²) in [6.07, 6.45) is 4.91. The molecule has 0 aliphatic carbocycles. The molecule has 0 unspecified atom stereocenters. The summed E-state index contributed by atoms with van der Waals surface area (Å²) >= 11 is 0. The number of aromatic nitrogens is 2. The minimum atomic E-state index is -0.207. The topological polar surface area (TPSA) is 91.8 Å². The highest BCUT2D eigenvalue weighted by Gasteiger charge is 2.28. The van der Waals surface area contributed by atoms with Crippen LogP contribution in [0.2, 0.25) is 0 Å². The number of benzene rings is 1. The normalized spacial score (nSPS) is 14.6. The van der Waals surface area contributed by atoms with Crippen molar-refractivity contribution in [1.29, 1.82) is 0 Å². The van der Waals surface area contributed by atoms with Gasteiger partial charge in [0, 0.05) is 58.2 Å². The van der Waals surface area contributed by atoms with E-state index in [0.29, 0.717) is 75.8 Å². The maximum absolute atomic E-state index is 14.5. The van der Waals surface area contributed by atoms with Crippen molar-refractivity contribution in [3.8, 4) is 5.88 Å². The predicted octanol–water partition coefficient (Wildman–Crippen LogP) is 3.33. The van der Waals surface area contributed by atoms with Gasteiger partial charge in [-0.1, -0.05) is 12.1 Å². The monoisotopic (exact) mass is 484 g/mol. The zero-order valence-electron chi connectivity index (χ0n) is 20.3. The summed E-state index contributed by atoms with van der Waals surface area (Å²) in [5.74, 6) is 0.277. The fraction of sp³-hybridized carbons (Fsp3) is 0.462. The lowest BCUT2D eigenvalue weighted by atomic mass is 9.88. The van der Waals surface area contributed by atoms with E-state index in [1.807, 2.05) is 27.8 Å². The Hall–Kier alpha value is -3.01. The summed E-state index contributed by atoms with van der Waals surface area (Å²) < 4.78 is 32.6. The van der Waals surface area contributed by atoms with Crippen LogP contribution in [-0.2, 0) is 22.6 Å². The fourth-order valence-electron chi connectivity index (χ4n) is 4.68. The third kappa shape index (κ3) is 5.47. The van der Waals surface area contributed by atoms with Gasteiger partial charge in [0.15, 0.2) is 0 Å². The molecule has 1 fully saturated rings. The molecule has 2 N–H and O–H groups in total. The van der Waals surface area contributed by atoms with E-state index in [1.165, 1.54) is 6.07 Å². The van der Waals surface area contributed by atoms with Gasteiger partial charge in [-0.2, -0.15) is 0 Å². The number of nitrogens with two attached hydrogens (primary N) is 1. The van der Waals surface area contributed by atoms with Gasteiger partial charge in [-0.15, -0.1) is 0 Å². The fourth-order valence-corrected chi connectivity index (χ4v) is 4.68. The highest BCUT2D eigenvalue weighted by Crippen LogP contribution is 2.33. The zero-order valence-corrected chi connectivity index (χ0v) is 20.3. The number of likely N-dealkylation sites (tertiary alicyclic amines) is 1. The lowest BCUT2D eigenvalue weighted by molar-refractivity contribution is 0.0714. The lowest BCUT2D eigenvalue weighted by Crippen LogP contribution is -2.38. The van der Waals surface area contributed by atoms with E-state index >= 15 is 0 Å². The van der Waals surface area contributed by atoms with Gasteiger partial charge < -0.3 is 29.4 Å². The Balaban J connectivity index is 1.55. The molecule has 3 aromatic rings. The molecule has 4 rings (SSSR count). The first-order valence-corrected chi connectivity index (χ1v) is 11.9. The molecule has 0 spiro atoms. The molecule has 2 aromatic heterocycles. The number of rotatable bonds is 10. The Bertz CT molecular complexity index is 1160. The molecule has 35 heavy (non-hydrogen) atoms. The number of hydrogen-bond donors (Lipinski definition) is 1. The largest absolute Gasteiger partial charge is 0.474 e. The van der Waals surface area contributed by atoms with Crippen LogP contribution in [0.3, 0.4) is 0 Å². The van der Waals surface area contributed by atoms with Crippen LogP contribution in [0.4, 0.5) is 4.39 Å². The lowest BCUT2D eigenvalue weighted by Gasteiger charge is -2.32. The van der Waals surface area contributed by atoms with Crippen LogP contribution in [0.15, 0.2) is 36.7 Å². The summed E-state index contributed by atoms with van der Waals surface area (Å²) in [5.41, 5.74) is 8.72. The third-order valence-electron chi connectivity index (χ3n) is 6.56. The molecule has 8 nitrogen and oxygen atoms in total. The summed E-state index contributed by atoms with van der Waals surface area (Å²) in [6, 6.07) is 6.91. The summed E-state index contributed by atoms with van der Waals surface area (Å²) in [7, 11) is 3.25. The first-order chi connectivity index (χ1) is 17.1. The molecule has 188 valence electrons. The van der Waals surface area contributed by atoms with Gasteiger partial charge in [0.1, 0.15) is 17.9 Å². The quantitative estimate of drug-likeness (QED) is 0.444. The Morgan fingerprint density at radius 3 is 2.63 bits per heavy atom. The van der Waals surface area contributed by atoms with Crippen LogP contribution >= 0.6 is 0 Å². The van der Waals surface area contributed by atoms with Crippen LogP contribution in [0, 0.1) is 5.82 Å². The molecule has 9 heteroatoms. The van der Waals surface area contributed by atoms with Gasteiger partial charge in [-0.05, 0) is 42.0 Å². The molecular formula is C26H33FN4O4. The van der Waals surface area contributed by atoms with Crippen LogP contribution in [-0.4, -0.2) is 67.5 Å². The first kappa shape index (κ1) is 25.1. The van der Waals surface area contributed by atoms with Gasteiger partial charge in [-0.25, -0.2) is 9.37 Å². The number of hydrogen-bond acceptors (Lipinski definition) is 6. The summed E-state index contributed by atoms with van der Waals surface area (Å²) in [4.78, 5) is 19.8. The number of carbonyl (C=O) groups excluding carboxylic acids is 1. The molecule has 1 aromatic carbocycles. The highest BCUT2D eigenvalue weighted by molar-refractivity contribution is 6.08. The number of halogens is 1. The van der Waals surface area contributed by atoms with Crippen molar-refractivity contribution in [3.63, 3.8) is 0 Å². The maximum Gasteiger partial charge on any atom is 0.256 e. The van der Waals surface area contributed by atoms with E-state index in [9.17, 15) is 9.18 Å². The van der Waals surface area contributed by atoms with E-state index in [2.05, 4.69) is 4.98 Å². The zero-order chi connectivity index (χ0) is 24.8. The molecule has 1 aliphatic heterocycles. The van der Waals surface area contributed by atoms with Crippen molar-refractivity contribution in [3.05, 3.63) is 59.2 Å². The van der Waals surface area contributed by atoms with Crippen molar-refractivity contribution in [2.45, 2.75) is 31.8 Å². The van der Waals surface area contributed by atoms with Crippen molar-refractivity contribution < 1.29 is 23.4 Å². The number of methoxy groups -OCH3 is 2. The average Bonchev–Trinajstić information content (AvgIpc) is 3.27. The number of ether oxygens (including phenoxy) is 3. The van der Waals surface area contributed by atoms with Crippen LogP contribution in [0.25, 0.3) is 10.9 Å². The molecule has 0 saturated carbocycles. The molecule has 3 heterocycles. The molecule has 0 atom stereocenters. The van der Waals surface area contributed by atoms with Gasteiger partial charge >= 0.3 is 0 Å². The van der Waals surface area contributed by atoms with Crippen molar-refractivity contribution in [1.82, 2.24) is 14.5 Å². The van der Waals surface area contributed by atoms with E-state index in [0.717, 1.165) is 16.5 Å². The van der Waals surface area contributed by atoms with Crippen LogP contribution in [0.1, 0.15) is 40.2 Å². The Morgan fingerprint density at radius 1 is 1.14 bits per heavy atom. The standard InChI is InChI=1S/C26H33FN4O4/c1-33-12-11-31-17-22(20-5-8-29-25(24(20)31)35-14-13-34-2)26(32)30-9-6-19(7-10-30)21-15-18(16-28)3-4-23(21)27/h3-5,8,15,17,19H,6-7,9-14,16,28H2,1-2H3. The molecule has 1 aliphatic rings. The number of fused-ring (bicyclic) bond motifs is 1. The van der Waals surface area contributed by atoms with Gasteiger partial charge in [0.2, 0.25) is 5.88 Å². The van der Waals surface area contributed by atoms with E-state index in [-0.39, 0.29) is 17.6 Å². The van der Waals surface area contributed by atoms with Gasteiger partial charge in [-0.3, -0.25) is 4.79 Å². The van der Waals surface area contributed by atoms with Crippen LogP contribution in [0.5, 0.6) is 5.88 Å². The third-order valence-corrected chi connectivity index (χ3v) is 6.56. The second kappa shape index (κ2) is 11.6. The Labute approximate surface area is 204 Å². The second-order valence-corrected chi connectivity index (χ2v) is 8.71. The molecule has 1 saturated heterocycles. The van der Waals surface area contributed by atoms with Crippen molar-refractivity contribution >= 4 is 16.8 Å². The number of pyridine rings is 1. The molecular weight excluding hydrogens is 451 g/mol. The number of carbonyl (C=O) groups is 1. The second-order valence-electron chi connectivity index (χ2n) is 8.71. The molecule has 0 bridgehead atoms. The minimum absolute atomic E-state index is 0.0464. The number of amides is 1. The highest BCUT2D eigenvalue weighted by atomic mass is 19.1. The van der Waals surface area contributed by atoms with Gasteiger partial charge in [0.05, 0.1) is 18.8 Å². The van der Waals surface area contributed by atoms with Crippen LogP contribution < -0.4 is 10.5 Å². The Kier molecular flexibility index (Phi) is 8.33. The van der Waals surface area contributed by atoms with Crippen molar-refractivity contribution in [2.24, 2.45) is 5.73 Å². The van der Waals surface area contributed by atoms with E-state index in [1.54, 1.807) is 26.5 Å². The maximum atomic E-state index is 14.5. The predicted molar refractivity (Wildman–Crippen MR) is 131 cm³/mol. The average molecular weight is 485 g/mol. The number of piperidine rings is 1. The van der Waals surface area contributed by atoms with E-state index in [4.69, 9.17) is 19.9 Å². The molecule has 0 radical (unpaired) electrons. The summed E-state index contributed by atoms with van der Waals surface area (Å²) in [6.45, 7) is 3.34. The van der Waals surface area contributed by atoms with Gasteiger partial charge in [0.25, 0.3) is 5.91 Å². The van der Waals surface area contributed by atoms with Crippen molar-refractivity contribution in [2.75, 3.05) is 47.1 Å². The Morgan fingerprint density at radius 2 is 1.91 bits per heavy atom. The summed E-state index contributed by atoms with van der Waals surface area (Å²) in [5, 5.41) is 0.789. The first-order valence-electron chi connectivity index (χ1n) is 11.9. The van der Waals surface area contributed by atoms with E-state index < -0.39 is 0 Å². The molecule has 1 amide bonds. The number of nitrogens with zero attached hydrogens (tertiary/aromatic N) is 3. The smallest absolute Gasteiger partial charge is 0.256 e.